The van der Waals surface area contributed by atoms with Gasteiger partial charge in [0.25, 0.3) is 5.91 Å². The van der Waals surface area contributed by atoms with E-state index in [4.69, 9.17) is 0 Å². The molecule has 3 amide bonds. The molecule has 8 heteroatoms. The van der Waals surface area contributed by atoms with Gasteiger partial charge in [0, 0.05) is 78.2 Å². The summed E-state index contributed by atoms with van der Waals surface area (Å²) in [4.78, 5) is 35.1. The summed E-state index contributed by atoms with van der Waals surface area (Å²) in [7, 11) is 5.66. The summed E-state index contributed by atoms with van der Waals surface area (Å²) in [6.07, 6.45) is 1.96. The average molecular weight is 399 g/mol. The van der Waals surface area contributed by atoms with Gasteiger partial charge in [-0.25, -0.2) is 4.79 Å². The lowest BCUT2D eigenvalue weighted by molar-refractivity contribution is 0.0663. The van der Waals surface area contributed by atoms with Crippen LogP contribution in [0.5, 0.6) is 0 Å². The number of rotatable bonds is 2. The van der Waals surface area contributed by atoms with Crippen molar-refractivity contribution in [3.05, 3.63) is 36.0 Å². The van der Waals surface area contributed by atoms with E-state index in [1.165, 1.54) is 0 Å². The Labute approximate surface area is 171 Å². The molecule has 2 saturated heterocycles. The molecule has 8 nitrogen and oxygen atoms in total. The standard InChI is InChI=1S/C21H30N6O2/c1-22(2)21(29)26-14-12-24(13-15-26)19-7-6-18-5-4-17(16-27(18)19)20(28)25-10-8-23(3)9-11-25/h4-7,16H,8-15H2,1-3H3. The van der Waals surface area contributed by atoms with Crippen LogP contribution in [0.25, 0.3) is 5.52 Å². The first kappa shape index (κ1) is 19.6. The highest BCUT2D eigenvalue weighted by Gasteiger charge is 2.24. The fourth-order valence-electron chi connectivity index (χ4n) is 4.07. The molecule has 29 heavy (non-hydrogen) atoms. The summed E-state index contributed by atoms with van der Waals surface area (Å²) >= 11 is 0. The van der Waals surface area contributed by atoms with Crippen molar-refractivity contribution in [1.82, 2.24) is 24.0 Å². The normalized spacial score (nSPS) is 18.4. The van der Waals surface area contributed by atoms with Gasteiger partial charge in [0.15, 0.2) is 0 Å². The van der Waals surface area contributed by atoms with Gasteiger partial charge < -0.3 is 28.9 Å². The molecular formula is C21H30N6O2. The third-order valence-electron chi connectivity index (χ3n) is 5.92. The lowest BCUT2D eigenvalue weighted by atomic mass is 10.2. The first-order valence-electron chi connectivity index (χ1n) is 10.2. The molecule has 0 bridgehead atoms. The van der Waals surface area contributed by atoms with E-state index in [1.807, 2.05) is 28.1 Å². The number of hydrogen-bond acceptors (Lipinski definition) is 4. The van der Waals surface area contributed by atoms with Gasteiger partial charge in [0.1, 0.15) is 5.82 Å². The fourth-order valence-corrected chi connectivity index (χ4v) is 4.07. The summed E-state index contributed by atoms with van der Waals surface area (Å²) in [5.41, 5.74) is 1.79. The zero-order chi connectivity index (χ0) is 20.5. The molecule has 156 valence electrons. The van der Waals surface area contributed by atoms with Crippen molar-refractivity contribution in [2.24, 2.45) is 0 Å². The van der Waals surface area contributed by atoms with E-state index in [-0.39, 0.29) is 11.9 Å². The molecule has 0 aromatic carbocycles. The van der Waals surface area contributed by atoms with Crippen LogP contribution in [0.4, 0.5) is 10.6 Å². The quantitative estimate of drug-likeness (QED) is 0.761. The number of hydrogen-bond donors (Lipinski definition) is 0. The van der Waals surface area contributed by atoms with Gasteiger partial charge in [-0.3, -0.25) is 4.79 Å². The van der Waals surface area contributed by atoms with E-state index in [2.05, 4.69) is 33.4 Å². The van der Waals surface area contributed by atoms with Crippen LogP contribution in [0.15, 0.2) is 30.5 Å². The number of aromatic nitrogens is 1. The third-order valence-corrected chi connectivity index (χ3v) is 5.92. The summed E-state index contributed by atoms with van der Waals surface area (Å²) in [6.45, 7) is 6.33. The van der Waals surface area contributed by atoms with E-state index in [0.717, 1.165) is 56.2 Å². The van der Waals surface area contributed by atoms with E-state index < -0.39 is 0 Å². The number of likely N-dealkylation sites (N-methyl/N-ethyl adjacent to an activating group) is 1. The van der Waals surface area contributed by atoms with E-state index in [0.29, 0.717) is 13.1 Å². The maximum absolute atomic E-state index is 13.0. The molecule has 2 aromatic rings. The minimum atomic E-state index is 0.0599. The van der Waals surface area contributed by atoms with Crippen molar-refractivity contribution in [3.63, 3.8) is 0 Å². The lowest BCUT2D eigenvalue weighted by Gasteiger charge is -2.37. The molecule has 0 atom stereocenters. The molecule has 2 aliphatic heterocycles. The third kappa shape index (κ3) is 3.89. The predicted octanol–water partition coefficient (Wildman–Crippen LogP) is 1.13. The minimum Gasteiger partial charge on any atom is -0.354 e. The zero-order valence-electron chi connectivity index (χ0n) is 17.5. The minimum absolute atomic E-state index is 0.0599. The van der Waals surface area contributed by atoms with Gasteiger partial charge >= 0.3 is 6.03 Å². The van der Waals surface area contributed by atoms with Crippen LogP contribution in [0.2, 0.25) is 0 Å². The number of urea groups is 1. The van der Waals surface area contributed by atoms with Crippen LogP contribution in [0.3, 0.4) is 0 Å². The van der Waals surface area contributed by atoms with Gasteiger partial charge in [0.05, 0.1) is 5.56 Å². The van der Waals surface area contributed by atoms with E-state index in [1.54, 1.807) is 19.0 Å². The van der Waals surface area contributed by atoms with E-state index >= 15 is 0 Å². The average Bonchev–Trinajstić information content (AvgIpc) is 3.16. The van der Waals surface area contributed by atoms with Crippen molar-refractivity contribution in [1.29, 1.82) is 0 Å². The van der Waals surface area contributed by atoms with Crippen LogP contribution in [-0.4, -0.2) is 109 Å². The van der Waals surface area contributed by atoms with Crippen LogP contribution >= 0.6 is 0 Å². The maximum Gasteiger partial charge on any atom is 0.319 e. The Morgan fingerprint density at radius 2 is 1.45 bits per heavy atom. The molecule has 2 fully saturated rings. The number of carbonyl (C=O) groups excluding carboxylic acids is 2. The number of anilines is 1. The molecular weight excluding hydrogens is 368 g/mol. The van der Waals surface area contributed by atoms with Crippen LogP contribution in [-0.2, 0) is 0 Å². The van der Waals surface area contributed by atoms with Crippen molar-refractivity contribution in [2.75, 3.05) is 78.4 Å². The van der Waals surface area contributed by atoms with Gasteiger partial charge in [-0.05, 0) is 31.3 Å². The Balaban J connectivity index is 1.51. The summed E-state index contributed by atoms with van der Waals surface area (Å²) in [6, 6.07) is 8.18. The molecule has 0 N–H and O–H groups in total. The van der Waals surface area contributed by atoms with Crippen LogP contribution < -0.4 is 4.90 Å². The maximum atomic E-state index is 13.0. The first-order chi connectivity index (χ1) is 13.9. The Bertz CT molecular complexity index is 892. The second-order valence-corrected chi connectivity index (χ2v) is 8.15. The highest BCUT2D eigenvalue weighted by Crippen LogP contribution is 2.22. The second kappa shape index (κ2) is 7.94. The van der Waals surface area contributed by atoms with Gasteiger partial charge in [-0.2, -0.15) is 0 Å². The summed E-state index contributed by atoms with van der Waals surface area (Å²) < 4.78 is 2.10. The Kier molecular flexibility index (Phi) is 5.36. The van der Waals surface area contributed by atoms with Gasteiger partial charge in [0.2, 0.25) is 0 Å². The Hall–Kier alpha value is -2.74. The number of fused-ring (bicyclic) bond motifs is 1. The zero-order valence-corrected chi connectivity index (χ0v) is 17.5. The first-order valence-corrected chi connectivity index (χ1v) is 10.2. The van der Waals surface area contributed by atoms with Crippen LogP contribution in [0, 0.1) is 0 Å². The lowest BCUT2D eigenvalue weighted by Crippen LogP contribution is -2.51. The number of amides is 3. The number of pyridine rings is 1. The number of carbonyl (C=O) groups is 2. The topological polar surface area (TPSA) is 54.8 Å². The Morgan fingerprint density at radius 3 is 2.10 bits per heavy atom. The monoisotopic (exact) mass is 398 g/mol. The number of nitrogens with zero attached hydrogens (tertiary/aromatic N) is 6. The van der Waals surface area contributed by atoms with Crippen molar-refractivity contribution >= 4 is 23.3 Å². The SMILES string of the molecule is CN1CCN(C(=O)c2ccc3ccc(N4CCN(C(=O)N(C)C)CC4)n3c2)CC1. The Morgan fingerprint density at radius 1 is 0.828 bits per heavy atom. The molecule has 4 rings (SSSR count). The van der Waals surface area contributed by atoms with Gasteiger partial charge in [-0.15, -0.1) is 0 Å². The molecule has 0 aliphatic carbocycles. The largest absolute Gasteiger partial charge is 0.354 e. The highest BCUT2D eigenvalue weighted by molar-refractivity contribution is 5.94. The smallest absolute Gasteiger partial charge is 0.319 e. The summed E-state index contributed by atoms with van der Waals surface area (Å²) in [5.74, 6) is 1.17. The number of piperazine rings is 2. The van der Waals surface area contributed by atoms with Gasteiger partial charge in [-0.1, -0.05) is 0 Å². The molecule has 2 aromatic heterocycles. The highest BCUT2D eigenvalue weighted by atomic mass is 16.2. The van der Waals surface area contributed by atoms with Crippen molar-refractivity contribution in [2.45, 2.75) is 0 Å². The van der Waals surface area contributed by atoms with Crippen molar-refractivity contribution < 1.29 is 9.59 Å². The second-order valence-electron chi connectivity index (χ2n) is 8.15. The van der Waals surface area contributed by atoms with Crippen molar-refractivity contribution in [3.8, 4) is 0 Å². The molecule has 2 aliphatic rings. The molecule has 0 unspecified atom stereocenters. The summed E-state index contributed by atoms with van der Waals surface area (Å²) in [5, 5.41) is 0. The molecule has 0 radical (unpaired) electrons. The molecule has 0 saturated carbocycles. The fraction of sp³-hybridized carbons (Fsp3) is 0.524. The van der Waals surface area contributed by atoms with E-state index in [9.17, 15) is 9.59 Å². The predicted molar refractivity (Wildman–Crippen MR) is 114 cm³/mol. The molecule has 0 spiro atoms. The van der Waals surface area contributed by atoms with Crippen LogP contribution in [0.1, 0.15) is 10.4 Å². The molecule has 4 heterocycles.